The second-order valence-corrected chi connectivity index (χ2v) is 8.35. The Morgan fingerprint density at radius 3 is 2.64 bits per heavy atom. The van der Waals surface area contributed by atoms with E-state index in [1.807, 2.05) is 28.8 Å². The normalized spacial score (nSPS) is 11.6. The Hall–Kier alpha value is -2.42. The van der Waals surface area contributed by atoms with Crippen LogP contribution in [0, 0.1) is 0 Å². The van der Waals surface area contributed by atoms with Gasteiger partial charge in [-0.2, -0.15) is 0 Å². The number of hydrogen-bond acceptors (Lipinski definition) is 4. The zero-order valence-corrected chi connectivity index (χ0v) is 16.7. The van der Waals surface area contributed by atoms with Crippen molar-refractivity contribution in [3.05, 3.63) is 59.9 Å². The Kier molecular flexibility index (Phi) is 6.66. The molecule has 0 saturated carbocycles. The number of halogens is 1. The summed E-state index contributed by atoms with van der Waals surface area (Å²) in [6.45, 7) is 1.24. The second kappa shape index (κ2) is 9.18. The fraction of sp³-hybridized carbons (Fsp3) is 0.263. The molecule has 2 N–H and O–H groups in total. The molecule has 148 valence electrons. The van der Waals surface area contributed by atoms with Gasteiger partial charge < -0.3 is 9.88 Å². The van der Waals surface area contributed by atoms with Crippen molar-refractivity contribution in [3.63, 3.8) is 0 Å². The molecule has 0 radical (unpaired) electrons. The van der Waals surface area contributed by atoms with Gasteiger partial charge in [0.05, 0.1) is 22.4 Å². The lowest BCUT2D eigenvalue weighted by molar-refractivity contribution is -0.120. The summed E-state index contributed by atoms with van der Waals surface area (Å²) in [5.74, 6) is -0.211. The molecule has 9 heteroatoms. The molecule has 7 nitrogen and oxygen atoms in total. The van der Waals surface area contributed by atoms with E-state index in [-0.39, 0.29) is 28.8 Å². The van der Waals surface area contributed by atoms with Crippen molar-refractivity contribution < 1.29 is 13.2 Å². The maximum atomic E-state index is 12.2. The fourth-order valence-corrected chi connectivity index (χ4v) is 4.34. The third-order valence-electron chi connectivity index (χ3n) is 4.20. The van der Waals surface area contributed by atoms with E-state index >= 15 is 0 Å². The minimum absolute atomic E-state index is 0.00429. The number of para-hydroxylation sites is 2. The van der Waals surface area contributed by atoms with Crippen LogP contribution in [0.1, 0.15) is 12.8 Å². The van der Waals surface area contributed by atoms with Crippen LogP contribution in [0.25, 0.3) is 11.0 Å². The average Bonchev–Trinajstić information content (AvgIpc) is 3.08. The summed E-state index contributed by atoms with van der Waals surface area (Å²) in [5, 5.41) is 2.94. The number of sulfonamides is 1. The number of aryl methyl sites for hydroxylation is 1. The lowest BCUT2D eigenvalue weighted by Crippen LogP contribution is -2.31. The topological polar surface area (TPSA) is 93.1 Å². The molecule has 1 heterocycles. The predicted molar refractivity (Wildman–Crippen MR) is 109 cm³/mol. The molecule has 28 heavy (non-hydrogen) atoms. The second-order valence-electron chi connectivity index (χ2n) is 6.21. The molecule has 0 unspecified atom stereocenters. The van der Waals surface area contributed by atoms with Crippen molar-refractivity contribution in [2.75, 3.05) is 13.1 Å². The van der Waals surface area contributed by atoms with Gasteiger partial charge >= 0.3 is 0 Å². The Morgan fingerprint density at radius 2 is 1.82 bits per heavy atom. The molecule has 0 bridgehead atoms. The minimum Gasteiger partial charge on any atom is -0.356 e. The van der Waals surface area contributed by atoms with E-state index < -0.39 is 10.0 Å². The van der Waals surface area contributed by atoms with Crippen LogP contribution in [0.5, 0.6) is 0 Å². The van der Waals surface area contributed by atoms with E-state index in [1.165, 1.54) is 12.1 Å². The zero-order chi connectivity index (χ0) is 20.0. The Labute approximate surface area is 168 Å². The minimum atomic E-state index is -3.73. The molecule has 0 fully saturated rings. The molecule has 2 aromatic carbocycles. The number of rotatable bonds is 9. The van der Waals surface area contributed by atoms with Gasteiger partial charge in [-0.05, 0) is 30.7 Å². The van der Waals surface area contributed by atoms with Crippen molar-refractivity contribution in [3.8, 4) is 0 Å². The van der Waals surface area contributed by atoms with Crippen molar-refractivity contribution in [1.29, 1.82) is 0 Å². The lowest BCUT2D eigenvalue weighted by atomic mass is 10.3. The summed E-state index contributed by atoms with van der Waals surface area (Å²) in [4.78, 5) is 16.2. The first-order chi connectivity index (χ1) is 13.5. The first kappa shape index (κ1) is 20.3. The molecule has 3 aromatic rings. The molecule has 0 aliphatic carbocycles. The first-order valence-electron chi connectivity index (χ1n) is 8.88. The predicted octanol–water partition coefficient (Wildman–Crippen LogP) is 2.56. The third-order valence-corrected chi connectivity index (χ3v) is 6.16. The maximum Gasteiger partial charge on any atom is 0.242 e. The summed E-state index contributed by atoms with van der Waals surface area (Å²) < 4.78 is 28.8. The highest BCUT2D eigenvalue weighted by Gasteiger charge is 2.17. The number of carbonyl (C=O) groups excluding carboxylic acids is 1. The highest BCUT2D eigenvalue weighted by atomic mass is 35.5. The summed E-state index contributed by atoms with van der Waals surface area (Å²) in [6.07, 6.45) is 2.59. The van der Waals surface area contributed by atoms with Crippen molar-refractivity contribution >= 4 is 38.6 Å². The van der Waals surface area contributed by atoms with Gasteiger partial charge in [0.25, 0.3) is 0 Å². The van der Waals surface area contributed by atoms with Crippen LogP contribution < -0.4 is 10.0 Å². The first-order valence-corrected chi connectivity index (χ1v) is 10.7. The van der Waals surface area contributed by atoms with Gasteiger partial charge in [-0.3, -0.25) is 4.79 Å². The Morgan fingerprint density at radius 1 is 1.07 bits per heavy atom. The quantitative estimate of drug-likeness (QED) is 0.520. The molecule has 1 aromatic heterocycles. The smallest absolute Gasteiger partial charge is 0.242 e. The van der Waals surface area contributed by atoms with Crippen LogP contribution in [0.2, 0.25) is 5.02 Å². The summed E-state index contributed by atoms with van der Waals surface area (Å²) >= 11 is 5.91. The Bertz CT molecular complexity index is 1070. The van der Waals surface area contributed by atoms with Crippen LogP contribution in [0.3, 0.4) is 0 Å². The van der Waals surface area contributed by atoms with Crippen LogP contribution in [0.15, 0.2) is 59.8 Å². The molecule has 3 rings (SSSR count). The maximum absolute atomic E-state index is 12.2. The van der Waals surface area contributed by atoms with Gasteiger partial charge in [0.1, 0.15) is 4.90 Å². The van der Waals surface area contributed by atoms with Crippen LogP contribution in [0.4, 0.5) is 0 Å². The third kappa shape index (κ3) is 5.09. The van der Waals surface area contributed by atoms with Crippen LogP contribution >= 0.6 is 11.6 Å². The molecular formula is C19H21ClN4O3S. The number of benzene rings is 2. The van der Waals surface area contributed by atoms with E-state index in [4.69, 9.17) is 11.6 Å². The van der Waals surface area contributed by atoms with Gasteiger partial charge in [-0.1, -0.05) is 35.9 Å². The number of carbonyl (C=O) groups is 1. The number of fused-ring (bicyclic) bond motifs is 1. The number of nitrogens with zero attached hydrogens (tertiary/aromatic N) is 2. The van der Waals surface area contributed by atoms with Gasteiger partial charge in [0.15, 0.2) is 0 Å². The van der Waals surface area contributed by atoms with E-state index in [0.717, 1.165) is 24.0 Å². The monoisotopic (exact) mass is 420 g/mol. The SMILES string of the molecule is O=C(CCNS(=O)(=O)c1ccccc1Cl)NCCCn1cnc2ccccc21. The average molecular weight is 421 g/mol. The fourth-order valence-electron chi connectivity index (χ4n) is 2.79. The van der Waals surface area contributed by atoms with E-state index in [9.17, 15) is 13.2 Å². The molecule has 0 aliphatic heterocycles. The Balaban J connectivity index is 1.38. The molecule has 0 spiro atoms. The van der Waals surface area contributed by atoms with Gasteiger partial charge in [0.2, 0.25) is 15.9 Å². The molecule has 0 atom stereocenters. The van der Waals surface area contributed by atoms with Gasteiger partial charge in [-0.25, -0.2) is 18.1 Å². The highest BCUT2D eigenvalue weighted by Crippen LogP contribution is 2.19. The summed E-state index contributed by atoms with van der Waals surface area (Å²) in [5.41, 5.74) is 2.00. The highest BCUT2D eigenvalue weighted by molar-refractivity contribution is 7.89. The molecule has 1 amide bonds. The number of hydrogen-bond donors (Lipinski definition) is 2. The zero-order valence-electron chi connectivity index (χ0n) is 15.1. The van der Waals surface area contributed by atoms with Crippen molar-refractivity contribution in [2.45, 2.75) is 24.3 Å². The number of aromatic nitrogens is 2. The van der Waals surface area contributed by atoms with Crippen LogP contribution in [-0.2, 0) is 21.4 Å². The standard InChI is InChI=1S/C19H21ClN4O3S/c20-15-6-1-4-9-18(15)28(26,27)23-12-10-19(25)21-11-5-13-24-14-22-16-7-2-3-8-17(16)24/h1-4,6-9,14,23H,5,10-13H2,(H,21,25). The number of nitrogens with one attached hydrogen (secondary N) is 2. The van der Waals surface area contributed by atoms with Gasteiger partial charge in [-0.15, -0.1) is 0 Å². The molecular weight excluding hydrogens is 400 g/mol. The van der Waals surface area contributed by atoms with E-state index in [0.29, 0.717) is 6.54 Å². The molecule has 0 aliphatic rings. The van der Waals surface area contributed by atoms with E-state index in [1.54, 1.807) is 18.5 Å². The number of amides is 1. The van der Waals surface area contributed by atoms with E-state index in [2.05, 4.69) is 15.0 Å². The number of imidazole rings is 1. The van der Waals surface area contributed by atoms with Crippen LogP contribution in [-0.4, -0.2) is 37.0 Å². The largest absolute Gasteiger partial charge is 0.356 e. The van der Waals surface area contributed by atoms with Crippen molar-refractivity contribution in [2.24, 2.45) is 0 Å². The van der Waals surface area contributed by atoms with Crippen molar-refractivity contribution in [1.82, 2.24) is 19.6 Å². The summed E-state index contributed by atoms with van der Waals surface area (Å²) in [6, 6.07) is 14.0. The lowest BCUT2D eigenvalue weighted by Gasteiger charge is -2.09. The summed E-state index contributed by atoms with van der Waals surface area (Å²) in [7, 11) is -3.73. The molecule has 0 saturated heterocycles. The van der Waals surface area contributed by atoms with Gasteiger partial charge in [0, 0.05) is 26.1 Å².